The van der Waals surface area contributed by atoms with E-state index >= 15 is 0 Å². The van der Waals surface area contributed by atoms with Crippen molar-refractivity contribution < 1.29 is 9.90 Å². The van der Waals surface area contributed by atoms with E-state index in [0.717, 1.165) is 0 Å². The van der Waals surface area contributed by atoms with Gasteiger partial charge in [0.15, 0.2) is 5.78 Å². The molecule has 0 saturated carbocycles. The standard InChI is InChI=1S/C11H10ClIO2/c12-9-3-1-8(2-4-9)11(15)7-10(14)5-6-13/h1-6,11,15H,7H2/b6-5+. The van der Waals surface area contributed by atoms with Crippen LogP contribution in [0.15, 0.2) is 34.4 Å². The predicted molar refractivity (Wildman–Crippen MR) is 69.2 cm³/mol. The molecular weight excluding hydrogens is 326 g/mol. The Balaban J connectivity index is 2.64. The quantitative estimate of drug-likeness (QED) is 0.677. The summed E-state index contributed by atoms with van der Waals surface area (Å²) in [6, 6.07) is 6.82. The molecule has 0 aromatic heterocycles. The number of rotatable bonds is 4. The first-order valence-corrected chi connectivity index (χ1v) is 5.99. The number of aliphatic hydroxyl groups excluding tert-OH is 1. The molecule has 0 saturated heterocycles. The van der Waals surface area contributed by atoms with Gasteiger partial charge in [-0.2, -0.15) is 0 Å². The fourth-order valence-electron chi connectivity index (χ4n) is 1.13. The number of aliphatic hydroxyl groups is 1. The van der Waals surface area contributed by atoms with Crippen LogP contribution in [-0.4, -0.2) is 10.9 Å². The van der Waals surface area contributed by atoms with Gasteiger partial charge in [-0.15, -0.1) is 0 Å². The zero-order valence-corrected chi connectivity index (χ0v) is 10.8. The molecule has 0 aliphatic rings. The molecule has 0 heterocycles. The molecule has 0 aliphatic heterocycles. The molecule has 0 spiro atoms. The molecule has 1 rings (SSSR count). The van der Waals surface area contributed by atoms with Gasteiger partial charge in [0.25, 0.3) is 0 Å². The maximum absolute atomic E-state index is 11.2. The molecule has 0 bridgehead atoms. The van der Waals surface area contributed by atoms with E-state index in [0.29, 0.717) is 10.6 Å². The first-order chi connectivity index (χ1) is 7.13. The van der Waals surface area contributed by atoms with Gasteiger partial charge >= 0.3 is 0 Å². The number of carbonyl (C=O) groups excluding carboxylic acids is 1. The largest absolute Gasteiger partial charge is 0.388 e. The van der Waals surface area contributed by atoms with Gasteiger partial charge in [0, 0.05) is 11.4 Å². The highest BCUT2D eigenvalue weighted by molar-refractivity contribution is 14.1. The van der Waals surface area contributed by atoms with Gasteiger partial charge in [0.05, 0.1) is 6.10 Å². The number of ketones is 1. The Morgan fingerprint density at radius 3 is 2.60 bits per heavy atom. The van der Waals surface area contributed by atoms with Crippen molar-refractivity contribution >= 4 is 40.0 Å². The number of carbonyl (C=O) groups is 1. The zero-order valence-electron chi connectivity index (χ0n) is 7.86. The van der Waals surface area contributed by atoms with E-state index in [1.165, 1.54) is 6.08 Å². The lowest BCUT2D eigenvalue weighted by atomic mass is 10.0. The minimum Gasteiger partial charge on any atom is -0.388 e. The molecule has 1 atom stereocenters. The van der Waals surface area contributed by atoms with E-state index in [-0.39, 0.29) is 12.2 Å². The Labute approximate surface area is 107 Å². The minimum absolute atomic E-state index is 0.0909. The van der Waals surface area contributed by atoms with E-state index < -0.39 is 6.10 Å². The maximum Gasteiger partial charge on any atom is 0.159 e. The van der Waals surface area contributed by atoms with Gasteiger partial charge in [0.2, 0.25) is 0 Å². The SMILES string of the molecule is O=C(/C=C/I)CC(O)c1ccc(Cl)cc1. The summed E-state index contributed by atoms with van der Waals surface area (Å²) in [5.74, 6) is -0.0909. The highest BCUT2D eigenvalue weighted by Crippen LogP contribution is 2.19. The van der Waals surface area contributed by atoms with Crippen molar-refractivity contribution in [2.45, 2.75) is 12.5 Å². The van der Waals surface area contributed by atoms with Gasteiger partial charge in [0.1, 0.15) is 0 Å². The molecule has 1 aromatic carbocycles. The maximum atomic E-state index is 11.2. The molecule has 0 radical (unpaired) electrons. The highest BCUT2D eigenvalue weighted by Gasteiger charge is 2.10. The molecule has 15 heavy (non-hydrogen) atoms. The summed E-state index contributed by atoms with van der Waals surface area (Å²) in [7, 11) is 0. The second-order valence-corrected chi connectivity index (χ2v) is 4.19. The zero-order chi connectivity index (χ0) is 11.3. The second kappa shape index (κ2) is 6.25. The third kappa shape index (κ3) is 4.32. The van der Waals surface area contributed by atoms with Crippen LogP contribution < -0.4 is 0 Å². The molecule has 0 amide bonds. The van der Waals surface area contributed by atoms with Crippen LogP contribution in [0, 0.1) is 0 Å². The highest BCUT2D eigenvalue weighted by atomic mass is 127. The van der Waals surface area contributed by atoms with Crippen molar-refractivity contribution in [3.63, 3.8) is 0 Å². The van der Waals surface area contributed by atoms with Crippen molar-refractivity contribution in [2.75, 3.05) is 0 Å². The fourth-order valence-corrected chi connectivity index (χ4v) is 1.66. The summed E-state index contributed by atoms with van der Waals surface area (Å²) < 4.78 is 1.63. The monoisotopic (exact) mass is 336 g/mol. The third-order valence-electron chi connectivity index (χ3n) is 1.90. The van der Waals surface area contributed by atoms with E-state index in [1.54, 1.807) is 28.3 Å². The van der Waals surface area contributed by atoms with Crippen LogP contribution in [0.2, 0.25) is 5.02 Å². The number of hydrogen-bond acceptors (Lipinski definition) is 2. The normalized spacial score (nSPS) is 13.0. The molecule has 2 nitrogen and oxygen atoms in total. The average Bonchev–Trinajstić information content (AvgIpc) is 2.18. The molecule has 1 N–H and O–H groups in total. The van der Waals surface area contributed by atoms with Crippen LogP contribution in [0.5, 0.6) is 0 Å². The minimum atomic E-state index is -0.762. The second-order valence-electron chi connectivity index (χ2n) is 3.03. The number of allylic oxidation sites excluding steroid dienone is 1. The lowest BCUT2D eigenvalue weighted by Gasteiger charge is -2.08. The molecular formula is C11H10ClIO2. The summed E-state index contributed by atoms with van der Waals surface area (Å²) in [5, 5.41) is 10.3. The average molecular weight is 337 g/mol. The number of hydrogen-bond donors (Lipinski definition) is 1. The van der Waals surface area contributed by atoms with Gasteiger partial charge in [-0.25, -0.2) is 0 Å². The van der Waals surface area contributed by atoms with Crippen LogP contribution in [0.1, 0.15) is 18.1 Å². The molecule has 1 aromatic rings. The fraction of sp³-hybridized carbons (Fsp3) is 0.182. The van der Waals surface area contributed by atoms with E-state index in [9.17, 15) is 9.90 Å². The van der Waals surface area contributed by atoms with Crippen LogP contribution in [0.4, 0.5) is 0 Å². The molecule has 0 aliphatic carbocycles. The van der Waals surface area contributed by atoms with Crippen molar-refractivity contribution in [2.24, 2.45) is 0 Å². The molecule has 0 fully saturated rings. The summed E-state index contributed by atoms with van der Waals surface area (Å²) in [6.07, 6.45) is 0.781. The van der Waals surface area contributed by atoms with Crippen molar-refractivity contribution in [3.8, 4) is 0 Å². The molecule has 1 unspecified atom stereocenters. The van der Waals surface area contributed by atoms with E-state index in [4.69, 9.17) is 11.6 Å². The summed E-state index contributed by atoms with van der Waals surface area (Å²) in [4.78, 5) is 11.2. The van der Waals surface area contributed by atoms with Gasteiger partial charge in [-0.05, 0) is 27.9 Å². The number of halogens is 2. The van der Waals surface area contributed by atoms with E-state index in [1.807, 2.05) is 22.6 Å². The Morgan fingerprint density at radius 1 is 1.47 bits per heavy atom. The predicted octanol–water partition coefficient (Wildman–Crippen LogP) is 3.28. The van der Waals surface area contributed by atoms with Gasteiger partial charge < -0.3 is 5.11 Å². The van der Waals surface area contributed by atoms with Crippen LogP contribution in [0.25, 0.3) is 0 Å². The van der Waals surface area contributed by atoms with E-state index in [2.05, 4.69) is 0 Å². The third-order valence-corrected chi connectivity index (χ3v) is 2.51. The van der Waals surface area contributed by atoms with Crippen LogP contribution in [0.3, 0.4) is 0 Å². The van der Waals surface area contributed by atoms with Crippen molar-refractivity contribution in [1.29, 1.82) is 0 Å². The summed E-state index contributed by atoms with van der Waals surface area (Å²) in [5.41, 5.74) is 0.703. The lowest BCUT2D eigenvalue weighted by Crippen LogP contribution is -2.03. The first-order valence-electron chi connectivity index (χ1n) is 4.36. The van der Waals surface area contributed by atoms with Crippen molar-refractivity contribution in [3.05, 3.63) is 45.0 Å². The number of benzene rings is 1. The first kappa shape index (κ1) is 12.7. The Morgan fingerprint density at radius 2 is 2.07 bits per heavy atom. The topological polar surface area (TPSA) is 37.3 Å². The Bertz CT molecular complexity index is 359. The Kier molecular flexibility index (Phi) is 5.28. The smallest absolute Gasteiger partial charge is 0.159 e. The molecule has 80 valence electrons. The van der Waals surface area contributed by atoms with Crippen LogP contribution >= 0.6 is 34.2 Å². The summed E-state index contributed by atoms with van der Waals surface area (Å²) in [6.45, 7) is 0. The lowest BCUT2D eigenvalue weighted by molar-refractivity contribution is -0.116. The Hall–Kier alpha value is -0.390. The van der Waals surface area contributed by atoms with Crippen molar-refractivity contribution in [1.82, 2.24) is 0 Å². The molecule has 4 heteroatoms. The van der Waals surface area contributed by atoms with Gasteiger partial charge in [-0.3, -0.25) is 4.79 Å². The van der Waals surface area contributed by atoms with Crippen LogP contribution in [-0.2, 0) is 4.79 Å². The van der Waals surface area contributed by atoms with Gasteiger partial charge in [-0.1, -0.05) is 46.3 Å². The summed E-state index contributed by atoms with van der Waals surface area (Å²) >= 11 is 7.68.